The lowest BCUT2D eigenvalue weighted by Gasteiger charge is -2.06. The number of methoxy groups -OCH3 is 1. The standard InChI is InChI=1S/C14H15BrN2O3S/c1-9(14(18)19-2)7-21-8-12-16-17-13(20-12)10-5-3-4-6-11(10)15/h3-6,9H,7-8H2,1-2H3. The number of aromatic nitrogens is 2. The zero-order valence-corrected chi connectivity index (χ0v) is 14.1. The monoisotopic (exact) mass is 370 g/mol. The van der Waals surface area contributed by atoms with E-state index in [0.717, 1.165) is 10.0 Å². The molecule has 1 heterocycles. The Bertz CT molecular complexity index is 618. The summed E-state index contributed by atoms with van der Waals surface area (Å²) in [5, 5.41) is 8.07. The molecule has 0 N–H and O–H groups in total. The number of hydrogen-bond donors (Lipinski definition) is 0. The topological polar surface area (TPSA) is 65.2 Å². The second-order valence-corrected chi connectivity index (χ2v) is 6.30. The highest BCUT2D eigenvalue weighted by atomic mass is 79.9. The molecule has 0 aliphatic rings. The maximum atomic E-state index is 11.3. The van der Waals surface area contributed by atoms with Gasteiger partial charge in [-0.05, 0) is 28.1 Å². The van der Waals surface area contributed by atoms with E-state index in [-0.39, 0.29) is 11.9 Å². The summed E-state index contributed by atoms with van der Waals surface area (Å²) in [6.45, 7) is 1.83. The van der Waals surface area contributed by atoms with E-state index < -0.39 is 0 Å². The maximum absolute atomic E-state index is 11.3. The van der Waals surface area contributed by atoms with Crippen molar-refractivity contribution in [2.24, 2.45) is 5.92 Å². The number of rotatable bonds is 6. The Morgan fingerprint density at radius 1 is 1.43 bits per heavy atom. The minimum absolute atomic E-state index is 0.148. The third-order valence-corrected chi connectivity index (χ3v) is 4.65. The van der Waals surface area contributed by atoms with Crippen molar-refractivity contribution >= 4 is 33.7 Å². The number of benzene rings is 1. The van der Waals surface area contributed by atoms with Gasteiger partial charge < -0.3 is 9.15 Å². The van der Waals surface area contributed by atoms with E-state index in [9.17, 15) is 4.79 Å². The first-order chi connectivity index (χ1) is 10.1. The molecule has 2 rings (SSSR count). The van der Waals surface area contributed by atoms with E-state index in [1.165, 1.54) is 7.11 Å². The first-order valence-corrected chi connectivity index (χ1v) is 8.29. The molecule has 0 saturated heterocycles. The van der Waals surface area contributed by atoms with Crippen molar-refractivity contribution in [2.45, 2.75) is 12.7 Å². The molecule has 7 heteroatoms. The van der Waals surface area contributed by atoms with Gasteiger partial charge in [-0.1, -0.05) is 19.1 Å². The molecule has 2 aromatic rings. The summed E-state index contributed by atoms with van der Waals surface area (Å²) in [4.78, 5) is 11.3. The molecule has 5 nitrogen and oxygen atoms in total. The predicted molar refractivity (Wildman–Crippen MR) is 84.8 cm³/mol. The molecule has 1 unspecified atom stereocenters. The minimum Gasteiger partial charge on any atom is -0.469 e. The van der Waals surface area contributed by atoms with Gasteiger partial charge in [-0.2, -0.15) is 11.8 Å². The van der Waals surface area contributed by atoms with E-state index in [0.29, 0.717) is 23.3 Å². The Morgan fingerprint density at radius 2 is 2.19 bits per heavy atom. The van der Waals surface area contributed by atoms with Gasteiger partial charge in [0.05, 0.1) is 24.3 Å². The number of nitrogens with zero attached hydrogens (tertiary/aromatic N) is 2. The van der Waals surface area contributed by atoms with Crippen LogP contribution in [0.15, 0.2) is 33.2 Å². The Morgan fingerprint density at radius 3 is 2.90 bits per heavy atom. The van der Waals surface area contributed by atoms with Gasteiger partial charge in [0.1, 0.15) is 0 Å². The van der Waals surface area contributed by atoms with Gasteiger partial charge >= 0.3 is 5.97 Å². The molecule has 0 saturated carbocycles. The van der Waals surface area contributed by atoms with Crippen molar-refractivity contribution < 1.29 is 13.9 Å². The van der Waals surface area contributed by atoms with E-state index in [4.69, 9.17) is 4.42 Å². The highest BCUT2D eigenvalue weighted by molar-refractivity contribution is 9.10. The molecule has 0 radical (unpaired) electrons. The molecule has 0 aliphatic heterocycles. The van der Waals surface area contributed by atoms with Crippen LogP contribution in [-0.2, 0) is 15.3 Å². The summed E-state index contributed by atoms with van der Waals surface area (Å²) >= 11 is 5.02. The van der Waals surface area contributed by atoms with Crippen LogP contribution >= 0.6 is 27.7 Å². The van der Waals surface area contributed by atoms with Crippen molar-refractivity contribution in [3.8, 4) is 11.5 Å². The lowest BCUT2D eigenvalue weighted by Crippen LogP contribution is -2.14. The van der Waals surface area contributed by atoms with Crippen LogP contribution in [-0.4, -0.2) is 29.0 Å². The van der Waals surface area contributed by atoms with Crippen LogP contribution in [0.25, 0.3) is 11.5 Å². The van der Waals surface area contributed by atoms with Crippen LogP contribution in [0.2, 0.25) is 0 Å². The highest BCUT2D eigenvalue weighted by Gasteiger charge is 2.15. The average molecular weight is 371 g/mol. The summed E-state index contributed by atoms with van der Waals surface area (Å²) in [6.07, 6.45) is 0. The van der Waals surface area contributed by atoms with Crippen LogP contribution in [0.5, 0.6) is 0 Å². The predicted octanol–water partition coefficient (Wildman–Crippen LogP) is 3.54. The molecule has 112 valence electrons. The summed E-state index contributed by atoms with van der Waals surface area (Å²) in [6, 6.07) is 7.67. The fourth-order valence-corrected chi connectivity index (χ4v) is 3.00. The lowest BCUT2D eigenvalue weighted by molar-refractivity contribution is -0.143. The van der Waals surface area contributed by atoms with E-state index >= 15 is 0 Å². The van der Waals surface area contributed by atoms with Crippen LogP contribution in [0.4, 0.5) is 0 Å². The SMILES string of the molecule is COC(=O)C(C)CSCc1nnc(-c2ccccc2Br)o1. The van der Waals surface area contributed by atoms with Gasteiger partial charge in [0, 0.05) is 10.2 Å². The fraction of sp³-hybridized carbons (Fsp3) is 0.357. The van der Waals surface area contributed by atoms with Crippen molar-refractivity contribution in [1.29, 1.82) is 0 Å². The van der Waals surface area contributed by atoms with Gasteiger partial charge in [-0.25, -0.2) is 0 Å². The number of halogens is 1. The molecular formula is C14H15BrN2O3S. The quantitative estimate of drug-likeness (QED) is 0.724. The third kappa shape index (κ3) is 4.31. The molecule has 1 aromatic heterocycles. The zero-order chi connectivity index (χ0) is 15.2. The number of carbonyl (C=O) groups is 1. The molecular weight excluding hydrogens is 356 g/mol. The van der Waals surface area contributed by atoms with Gasteiger partial charge in [0.2, 0.25) is 11.8 Å². The lowest BCUT2D eigenvalue weighted by atomic mass is 10.2. The molecule has 0 bridgehead atoms. The smallest absolute Gasteiger partial charge is 0.309 e. The van der Waals surface area contributed by atoms with Crippen LogP contribution < -0.4 is 0 Å². The van der Waals surface area contributed by atoms with E-state index in [1.807, 2.05) is 31.2 Å². The number of thioether (sulfide) groups is 1. The van der Waals surface area contributed by atoms with Crippen LogP contribution in [0.1, 0.15) is 12.8 Å². The van der Waals surface area contributed by atoms with Crippen LogP contribution in [0.3, 0.4) is 0 Å². The molecule has 1 aromatic carbocycles. The number of esters is 1. The van der Waals surface area contributed by atoms with Gasteiger partial charge in [0.25, 0.3) is 0 Å². The highest BCUT2D eigenvalue weighted by Crippen LogP contribution is 2.27. The van der Waals surface area contributed by atoms with Crippen molar-refractivity contribution in [2.75, 3.05) is 12.9 Å². The Balaban J connectivity index is 1.92. The van der Waals surface area contributed by atoms with E-state index in [1.54, 1.807) is 11.8 Å². The Hall–Kier alpha value is -1.34. The summed E-state index contributed by atoms with van der Waals surface area (Å²) < 4.78 is 11.2. The molecule has 21 heavy (non-hydrogen) atoms. The Kier molecular flexibility index (Phi) is 5.81. The Labute approximate surface area is 135 Å². The first-order valence-electron chi connectivity index (χ1n) is 6.34. The summed E-state index contributed by atoms with van der Waals surface area (Å²) in [5.41, 5.74) is 0.865. The van der Waals surface area contributed by atoms with Crippen LogP contribution in [0, 0.1) is 5.92 Å². The largest absolute Gasteiger partial charge is 0.469 e. The molecule has 0 amide bonds. The minimum atomic E-state index is -0.207. The van der Waals surface area contributed by atoms with Crippen molar-refractivity contribution in [3.63, 3.8) is 0 Å². The number of carbonyl (C=O) groups excluding carboxylic acids is 1. The summed E-state index contributed by atoms with van der Waals surface area (Å²) in [7, 11) is 1.39. The van der Waals surface area contributed by atoms with E-state index in [2.05, 4.69) is 30.9 Å². The first kappa shape index (κ1) is 16.0. The third-order valence-electron chi connectivity index (χ3n) is 2.77. The maximum Gasteiger partial charge on any atom is 0.309 e. The summed E-state index contributed by atoms with van der Waals surface area (Å²) in [5.74, 6) is 1.90. The number of ether oxygens (including phenoxy) is 1. The molecule has 0 aliphatic carbocycles. The van der Waals surface area contributed by atoms with Gasteiger partial charge in [-0.3, -0.25) is 4.79 Å². The average Bonchev–Trinajstić information content (AvgIpc) is 2.95. The van der Waals surface area contributed by atoms with Gasteiger partial charge in [-0.15, -0.1) is 10.2 Å². The molecule has 1 atom stereocenters. The molecule has 0 fully saturated rings. The second-order valence-electron chi connectivity index (χ2n) is 4.42. The van der Waals surface area contributed by atoms with Gasteiger partial charge in [0.15, 0.2) is 0 Å². The normalized spacial score (nSPS) is 12.1. The fourth-order valence-electron chi connectivity index (χ4n) is 1.65. The number of hydrogen-bond acceptors (Lipinski definition) is 6. The van der Waals surface area contributed by atoms with Crippen molar-refractivity contribution in [1.82, 2.24) is 10.2 Å². The second kappa shape index (κ2) is 7.61. The van der Waals surface area contributed by atoms with Crippen molar-refractivity contribution in [3.05, 3.63) is 34.6 Å². The molecule has 0 spiro atoms. The zero-order valence-electron chi connectivity index (χ0n) is 11.7.